The molecule has 0 saturated heterocycles. The summed E-state index contributed by atoms with van der Waals surface area (Å²) in [5.74, 6) is -0.194. The van der Waals surface area contributed by atoms with Crippen molar-refractivity contribution in [3.05, 3.63) is 32.4 Å². The van der Waals surface area contributed by atoms with Gasteiger partial charge in [0.25, 0.3) is 0 Å². The number of rotatable bonds is 2. The molecule has 2 nitrogen and oxygen atoms in total. The van der Waals surface area contributed by atoms with E-state index in [0.717, 1.165) is 3.57 Å². The third-order valence-electron chi connectivity index (χ3n) is 1.48. The van der Waals surface area contributed by atoms with E-state index < -0.39 is 0 Å². The van der Waals surface area contributed by atoms with Crippen LogP contribution < -0.4 is 0 Å². The molecule has 0 amide bonds. The number of hydrogen-bond acceptors (Lipinski definition) is 2. The zero-order chi connectivity index (χ0) is 9.84. The number of nitrogens with zero attached hydrogens (tertiary/aromatic N) is 1. The van der Waals surface area contributed by atoms with Crippen molar-refractivity contribution >= 4 is 40.0 Å². The first-order chi connectivity index (χ1) is 6.15. The summed E-state index contributed by atoms with van der Waals surface area (Å²) in [6, 6.07) is 6.82. The van der Waals surface area contributed by atoms with Gasteiger partial charge in [0.15, 0.2) is 5.78 Å². The molecule has 0 aliphatic carbocycles. The van der Waals surface area contributed by atoms with E-state index in [-0.39, 0.29) is 12.2 Å². The van der Waals surface area contributed by atoms with Gasteiger partial charge >= 0.3 is 0 Å². The van der Waals surface area contributed by atoms with Crippen molar-refractivity contribution < 1.29 is 4.79 Å². The summed E-state index contributed by atoms with van der Waals surface area (Å²) in [6.45, 7) is 0. The van der Waals surface area contributed by atoms with Crippen LogP contribution in [-0.2, 0) is 0 Å². The highest BCUT2D eigenvalue weighted by molar-refractivity contribution is 14.1. The number of hydrogen-bond donors (Lipinski definition) is 0. The van der Waals surface area contributed by atoms with Crippen molar-refractivity contribution in [2.45, 2.75) is 6.42 Å². The van der Waals surface area contributed by atoms with Crippen LogP contribution in [0.1, 0.15) is 16.8 Å². The molecule has 4 heteroatoms. The van der Waals surface area contributed by atoms with Gasteiger partial charge in [0.2, 0.25) is 0 Å². The second-order valence-electron chi connectivity index (χ2n) is 2.39. The summed E-state index contributed by atoms with van der Waals surface area (Å²) in [7, 11) is 0. The Bertz CT molecular complexity index is 384. The number of carbonyl (C=O) groups is 1. The molecule has 0 radical (unpaired) electrons. The molecule has 0 heterocycles. The lowest BCUT2D eigenvalue weighted by Gasteiger charge is -1.99. The molecule has 0 unspecified atom stereocenters. The fraction of sp³-hybridized carbons (Fsp3) is 0.111. The standard InChI is InChI=1S/C9H5ClINO/c10-7-5-6(1-2-8(7)11)9(13)3-4-12/h1-2,5H,3H2. The number of carbonyl (C=O) groups excluding carboxylic acids is 1. The Kier molecular flexibility index (Phi) is 3.70. The number of benzene rings is 1. The first kappa shape index (κ1) is 10.5. The van der Waals surface area contributed by atoms with Gasteiger partial charge in [0, 0.05) is 9.13 Å². The van der Waals surface area contributed by atoms with Crippen molar-refractivity contribution in [2.75, 3.05) is 0 Å². The van der Waals surface area contributed by atoms with Gasteiger partial charge in [-0.25, -0.2) is 0 Å². The molecule has 66 valence electrons. The molecule has 0 spiro atoms. The number of ketones is 1. The molecule has 1 aromatic rings. The predicted molar refractivity (Wildman–Crippen MR) is 58.7 cm³/mol. The molecule has 0 fully saturated rings. The predicted octanol–water partition coefficient (Wildman–Crippen LogP) is 3.04. The van der Waals surface area contributed by atoms with Crippen LogP contribution in [0.4, 0.5) is 0 Å². The second-order valence-corrected chi connectivity index (χ2v) is 3.96. The molecule has 1 rings (SSSR count). The average Bonchev–Trinajstić information content (AvgIpc) is 2.10. The minimum Gasteiger partial charge on any atom is -0.293 e. The lowest BCUT2D eigenvalue weighted by Crippen LogP contribution is -1.97. The van der Waals surface area contributed by atoms with E-state index in [1.807, 2.05) is 0 Å². The van der Waals surface area contributed by atoms with Crippen LogP contribution in [0.25, 0.3) is 0 Å². The smallest absolute Gasteiger partial charge is 0.176 e. The Labute approximate surface area is 94.6 Å². The van der Waals surface area contributed by atoms with Crippen LogP contribution in [0.3, 0.4) is 0 Å². The molecule has 0 aromatic heterocycles. The molecule has 0 aliphatic heterocycles. The van der Waals surface area contributed by atoms with Crippen LogP contribution in [0, 0.1) is 14.9 Å². The van der Waals surface area contributed by atoms with Gasteiger partial charge in [-0.05, 0) is 34.7 Å². The minimum absolute atomic E-state index is 0.100. The minimum atomic E-state index is -0.194. The monoisotopic (exact) mass is 305 g/mol. The maximum absolute atomic E-state index is 11.2. The molecular weight excluding hydrogens is 300 g/mol. The Balaban J connectivity index is 2.98. The number of Topliss-reactive ketones (excluding diaryl/α,β-unsaturated/α-hetero) is 1. The summed E-state index contributed by atoms with van der Waals surface area (Å²) in [4.78, 5) is 11.2. The maximum atomic E-state index is 11.2. The quantitative estimate of drug-likeness (QED) is 0.622. The molecule has 0 aliphatic rings. The zero-order valence-electron chi connectivity index (χ0n) is 6.55. The molecule has 0 atom stereocenters. The van der Waals surface area contributed by atoms with Crippen LogP contribution in [0.15, 0.2) is 18.2 Å². The van der Waals surface area contributed by atoms with Crippen molar-refractivity contribution in [1.82, 2.24) is 0 Å². The van der Waals surface area contributed by atoms with Gasteiger partial charge in [-0.15, -0.1) is 0 Å². The molecule has 0 saturated carbocycles. The van der Waals surface area contributed by atoms with Crippen molar-refractivity contribution in [3.8, 4) is 6.07 Å². The summed E-state index contributed by atoms with van der Waals surface area (Å²) in [5, 5.41) is 8.86. The third-order valence-corrected chi connectivity index (χ3v) is 3.05. The van der Waals surface area contributed by atoms with Crippen LogP contribution in [0.5, 0.6) is 0 Å². The lowest BCUT2D eigenvalue weighted by atomic mass is 10.1. The maximum Gasteiger partial charge on any atom is 0.176 e. The average molecular weight is 306 g/mol. The highest BCUT2D eigenvalue weighted by atomic mass is 127. The van der Waals surface area contributed by atoms with Crippen LogP contribution >= 0.6 is 34.2 Å². The van der Waals surface area contributed by atoms with Gasteiger partial charge in [-0.2, -0.15) is 5.26 Å². The first-order valence-electron chi connectivity index (χ1n) is 3.50. The van der Waals surface area contributed by atoms with Gasteiger partial charge in [-0.3, -0.25) is 4.79 Å². The highest BCUT2D eigenvalue weighted by Crippen LogP contribution is 2.20. The Morgan fingerprint density at radius 2 is 2.31 bits per heavy atom. The fourth-order valence-corrected chi connectivity index (χ4v) is 1.36. The number of nitriles is 1. The van der Waals surface area contributed by atoms with Gasteiger partial charge < -0.3 is 0 Å². The Hall–Kier alpha value is -0.600. The van der Waals surface area contributed by atoms with E-state index in [1.54, 1.807) is 24.3 Å². The van der Waals surface area contributed by atoms with Gasteiger partial charge in [0.1, 0.15) is 0 Å². The van der Waals surface area contributed by atoms with Gasteiger partial charge in [-0.1, -0.05) is 17.7 Å². The molecule has 0 bridgehead atoms. The summed E-state index contributed by atoms with van der Waals surface area (Å²) < 4.78 is 0.896. The SMILES string of the molecule is N#CCC(=O)c1ccc(I)c(Cl)c1. The second kappa shape index (κ2) is 4.58. The molecular formula is C9H5ClINO. The summed E-state index contributed by atoms with van der Waals surface area (Å²) >= 11 is 7.89. The first-order valence-corrected chi connectivity index (χ1v) is 4.96. The zero-order valence-corrected chi connectivity index (χ0v) is 9.46. The Morgan fingerprint density at radius 1 is 1.62 bits per heavy atom. The summed E-state index contributed by atoms with van der Waals surface area (Å²) in [6.07, 6.45) is -0.100. The lowest BCUT2D eigenvalue weighted by molar-refractivity contribution is 0.0997. The molecule has 13 heavy (non-hydrogen) atoms. The van der Waals surface area contributed by atoms with Crippen LogP contribution in [0.2, 0.25) is 5.02 Å². The third kappa shape index (κ3) is 2.68. The van der Waals surface area contributed by atoms with Gasteiger partial charge in [0.05, 0.1) is 17.5 Å². The van der Waals surface area contributed by atoms with Crippen molar-refractivity contribution in [3.63, 3.8) is 0 Å². The van der Waals surface area contributed by atoms with E-state index >= 15 is 0 Å². The highest BCUT2D eigenvalue weighted by Gasteiger charge is 2.06. The molecule has 1 aromatic carbocycles. The number of halogens is 2. The van der Waals surface area contributed by atoms with Crippen molar-refractivity contribution in [1.29, 1.82) is 5.26 Å². The fourth-order valence-electron chi connectivity index (χ4n) is 0.843. The Morgan fingerprint density at radius 3 is 2.85 bits per heavy atom. The van der Waals surface area contributed by atoms with Crippen LogP contribution in [-0.4, -0.2) is 5.78 Å². The topological polar surface area (TPSA) is 40.9 Å². The summed E-state index contributed by atoms with van der Waals surface area (Å²) in [5.41, 5.74) is 0.493. The van der Waals surface area contributed by atoms with E-state index in [2.05, 4.69) is 22.6 Å². The van der Waals surface area contributed by atoms with E-state index in [9.17, 15) is 4.79 Å². The van der Waals surface area contributed by atoms with E-state index in [1.165, 1.54) is 0 Å². The van der Waals surface area contributed by atoms with Crippen molar-refractivity contribution in [2.24, 2.45) is 0 Å². The molecule has 0 N–H and O–H groups in total. The largest absolute Gasteiger partial charge is 0.293 e. The van der Waals surface area contributed by atoms with E-state index in [0.29, 0.717) is 10.6 Å². The normalized spacial score (nSPS) is 9.31. The van der Waals surface area contributed by atoms with E-state index in [4.69, 9.17) is 16.9 Å².